The van der Waals surface area contributed by atoms with Crippen LogP contribution in [0.1, 0.15) is 18.4 Å². The zero-order chi connectivity index (χ0) is 17.4. The van der Waals surface area contributed by atoms with E-state index < -0.39 is 6.09 Å². The highest BCUT2D eigenvalue weighted by Crippen LogP contribution is 2.25. The summed E-state index contributed by atoms with van der Waals surface area (Å²) in [7, 11) is 0. The van der Waals surface area contributed by atoms with Gasteiger partial charge in [-0.1, -0.05) is 43.0 Å². The van der Waals surface area contributed by atoms with Gasteiger partial charge in [-0.25, -0.2) is 4.79 Å². The normalized spacial score (nSPS) is 19.8. The Hall–Kier alpha value is -1.95. The van der Waals surface area contributed by atoms with E-state index in [1.54, 1.807) is 4.90 Å². The summed E-state index contributed by atoms with van der Waals surface area (Å²) in [4.78, 5) is 25.8. The van der Waals surface area contributed by atoms with Gasteiger partial charge < -0.3 is 15.0 Å². The molecule has 0 spiro atoms. The molecule has 2 rings (SSSR count). The number of ether oxygens (including phenoxy) is 1. The number of amides is 2. The number of carbonyl (C=O) groups excluding carboxylic acids is 2. The molecule has 1 fully saturated rings. The van der Waals surface area contributed by atoms with Crippen molar-refractivity contribution in [1.29, 1.82) is 0 Å². The summed E-state index contributed by atoms with van der Waals surface area (Å²) in [6.45, 7) is 4.78. The van der Waals surface area contributed by atoms with Crippen molar-refractivity contribution >= 4 is 24.6 Å². The molecule has 1 aliphatic heterocycles. The summed E-state index contributed by atoms with van der Waals surface area (Å²) in [6.07, 6.45) is 2.87. The average Bonchev–Trinajstić information content (AvgIpc) is 2.94. The summed E-state index contributed by atoms with van der Waals surface area (Å²) in [5, 5.41) is 2.99. The summed E-state index contributed by atoms with van der Waals surface area (Å²) in [6, 6.07) is 9.83. The lowest BCUT2D eigenvalue weighted by molar-refractivity contribution is -0.121. The lowest BCUT2D eigenvalue weighted by atomic mass is 10.1. The van der Waals surface area contributed by atoms with Crippen LogP contribution in [0.4, 0.5) is 4.79 Å². The van der Waals surface area contributed by atoms with Gasteiger partial charge in [0.25, 0.3) is 0 Å². The number of likely N-dealkylation sites (tertiary alicyclic amines) is 1. The van der Waals surface area contributed by atoms with Crippen LogP contribution < -0.4 is 5.32 Å². The monoisotopic (exact) mass is 348 g/mol. The molecule has 0 saturated carbocycles. The molecular formula is C18H24N2O3S. The van der Waals surface area contributed by atoms with E-state index in [2.05, 4.69) is 24.5 Å². The van der Waals surface area contributed by atoms with E-state index in [0.717, 1.165) is 6.42 Å². The standard InChI is InChI=1S/C18H24N2O3S/c1-2-10-23-18(22)20-13-16(24)11-15(20)12-17(21)19-9-8-14-6-4-3-5-7-14/h2-7,15-16,24H,1,8-13H2,(H,19,21)/t15-,16+/m1/s1. The van der Waals surface area contributed by atoms with Crippen molar-refractivity contribution in [1.82, 2.24) is 10.2 Å². The maximum atomic E-state index is 12.1. The molecule has 130 valence electrons. The molecule has 24 heavy (non-hydrogen) atoms. The fourth-order valence-electron chi connectivity index (χ4n) is 2.80. The highest BCUT2D eigenvalue weighted by molar-refractivity contribution is 7.81. The molecule has 2 atom stereocenters. The Labute approximate surface area is 148 Å². The Morgan fingerprint density at radius 1 is 1.38 bits per heavy atom. The summed E-state index contributed by atoms with van der Waals surface area (Å²) in [5.74, 6) is -0.0557. The van der Waals surface area contributed by atoms with E-state index in [9.17, 15) is 9.59 Å². The second kappa shape index (κ2) is 9.37. The van der Waals surface area contributed by atoms with Gasteiger partial charge in [0.2, 0.25) is 5.91 Å². The third-order valence-corrected chi connectivity index (χ3v) is 4.33. The van der Waals surface area contributed by atoms with E-state index in [0.29, 0.717) is 19.5 Å². The van der Waals surface area contributed by atoms with E-state index in [4.69, 9.17) is 4.74 Å². The number of rotatable bonds is 7. The van der Waals surface area contributed by atoms with Crippen molar-refractivity contribution in [3.05, 3.63) is 48.6 Å². The van der Waals surface area contributed by atoms with Crippen molar-refractivity contribution in [3.63, 3.8) is 0 Å². The van der Waals surface area contributed by atoms with Crippen LogP contribution in [0.3, 0.4) is 0 Å². The zero-order valence-electron chi connectivity index (χ0n) is 13.7. The van der Waals surface area contributed by atoms with Gasteiger partial charge in [0, 0.05) is 30.8 Å². The minimum Gasteiger partial charge on any atom is -0.445 e. The van der Waals surface area contributed by atoms with Crippen molar-refractivity contribution in [3.8, 4) is 0 Å². The largest absolute Gasteiger partial charge is 0.445 e. The van der Waals surface area contributed by atoms with Crippen LogP contribution in [0.2, 0.25) is 0 Å². The topological polar surface area (TPSA) is 58.6 Å². The average molecular weight is 348 g/mol. The van der Waals surface area contributed by atoms with Crippen molar-refractivity contribution in [2.45, 2.75) is 30.6 Å². The molecule has 6 heteroatoms. The molecule has 5 nitrogen and oxygen atoms in total. The Bertz CT molecular complexity index is 565. The van der Waals surface area contributed by atoms with Crippen LogP contribution >= 0.6 is 12.6 Å². The minimum atomic E-state index is -0.409. The van der Waals surface area contributed by atoms with E-state index in [1.165, 1.54) is 11.6 Å². The molecule has 1 saturated heterocycles. The lowest BCUT2D eigenvalue weighted by Gasteiger charge is -2.23. The third kappa shape index (κ3) is 5.60. The van der Waals surface area contributed by atoms with Crippen molar-refractivity contribution < 1.29 is 14.3 Å². The Morgan fingerprint density at radius 3 is 2.83 bits per heavy atom. The molecule has 1 N–H and O–H groups in total. The quantitative estimate of drug-likeness (QED) is 0.588. The first-order valence-electron chi connectivity index (χ1n) is 8.13. The SMILES string of the molecule is C=CCOC(=O)N1C[C@@H](S)C[C@@H]1CC(=O)NCCc1ccccc1. The van der Waals surface area contributed by atoms with Gasteiger partial charge in [0.05, 0.1) is 0 Å². The van der Waals surface area contributed by atoms with Gasteiger partial charge in [0.1, 0.15) is 6.61 Å². The first-order valence-corrected chi connectivity index (χ1v) is 8.64. The number of hydrogen-bond donors (Lipinski definition) is 2. The molecule has 0 bridgehead atoms. The predicted octanol–water partition coefficient (Wildman–Crippen LogP) is 2.43. The second-order valence-electron chi connectivity index (χ2n) is 5.85. The summed E-state index contributed by atoms with van der Waals surface area (Å²) in [5.41, 5.74) is 1.18. The lowest BCUT2D eigenvalue weighted by Crippen LogP contribution is -2.40. The fraction of sp³-hybridized carbons (Fsp3) is 0.444. The molecule has 0 aromatic heterocycles. The van der Waals surface area contributed by atoms with Gasteiger partial charge in [-0.05, 0) is 18.4 Å². The van der Waals surface area contributed by atoms with Gasteiger partial charge in [0.15, 0.2) is 0 Å². The van der Waals surface area contributed by atoms with E-state index >= 15 is 0 Å². The maximum absolute atomic E-state index is 12.1. The zero-order valence-corrected chi connectivity index (χ0v) is 14.6. The van der Waals surface area contributed by atoms with Crippen molar-refractivity contribution in [2.24, 2.45) is 0 Å². The van der Waals surface area contributed by atoms with Crippen LogP contribution in [-0.4, -0.2) is 47.9 Å². The highest BCUT2D eigenvalue weighted by Gasteiger charge is 2.35. The fourth-order valence-corrected chi connectivity index (χ4v) is 3.22. The molecule has 0 aliphatic carbocycles. The maximum Gasteiger partial charge on any atom is 0.410 e. The molecule has 2 amide bonds. The Kier molecular flexibility index (Phi) is 7.18. The van der Waals surface area contributed by atoms with Gasteiger partial charge in [-0.15, -0.1) is 0 Å². The second-order valence-corrected chi connectivity index (χ2v) is 6.58. The Balaban J connectivity index is 1.78. The molecule has 1 aromatic rings. The third-order valence-electron chi connectivity index (χ3n) is 3.95. The smallest absolute Gasteiger partial charge is 0.410 e. The number of carbonyl (C=O) groups is 2. The van der Waals surface area contributed by atoms with Gasteiger partial charge >= 0.3 is 6.09 Å². The van der Waals surface area contributed by atoms with Gasteiger partial charge in [-0.3, -0.25) is 4.79 Å². The van der Waals surface area contributed by atoms with Crippen LogP contribution in [0.5, 0.6) is 0 Å². The molecule has 0 radical (unpaired) electrons. The van der Waals surface area contributed by atoms with E-state index in [1.807, 2.05) is 30.3 Å². The van der Waals surface area contributed by atoms with E-state index in [-0.39, 0.29) is 30.2 Å². The van der Waals surface area contributed by atoms with Crippen LogP contribution in [0.25, 0.3) is 0 Å². The molecule has 1 aliphatic rings. The first kappa shape index (κ1) is 18.4. The number of hydrogen-bond acceptors (Lipinski definition) is 4. The number of benzene rings is 1. The number of nitrogens with one attached hydrogen (secondary N) is 1. The number of nitrogens with zero attached hydrogens (tertiary/aromatic N) is 1. The first-order chi connectivity index (χ1) is 11.6. The molecule has 1 heterocycles. The minimum absolute atomic E-state index is 0.0557. The summed E-state index contributed by atoms with van der Waals surface area (Å²) >= 11 is 4.44. The Morgan fingerprint density at radius 2 is 2.12 bits per heavy atom. The predicted molar refractivity (Wildman–Crippen MR) is 97.2 cm³/mol. The molecule has 1 aromatic carbocycles. The van der Waals surface area contributed by atoms with Crippen molar-refractivity contribution in [2.75, 3.05) is 19.7 Å². The summed E-state index contributed by atoms with van der Waals surface area (Å²) < 4.78 is 5.08. The highest BCUT2D eigenvalue weighted by atomic mass is 32.1. The number of thiol groups is 1. The van der Waals surface area contributed by atoms with Gasteiger partial charge in [-0.2, -0.15) is 12.6 Å². The van der Waals surface area contributed by atoms with Crippen LogP contribution in [0, 0.1) is 0 Å². The molecular weight excluding hydrogens is 324 g/mol. The molecule has 0 unspecified atom stereocenters. The van der Waals surface area contributed by atoms with Crippen LogP contribution in [0.15, 0.2) is 43.0 Å². The van der Waals surface area contributed by atoms with Crippen LogP contribution in [-0.2, 0) is 16.0 Å².